The molecule has 2 aromatic rings. The number of amidine groups is 1. The van der Waals surface area contributed by atoms with Gasteiger partial charge in [-0.1, -0.05) is 62.4 Å². The number of carbonyl (C=O) groups excluding carboxylic acids is 1. The van der Waals surface area contributed by atoms with Gasteiger partial charge in [-0.05, 0) is 35.6 Å². The van der Waals surface area contributed by atoms with Gasteiger partial charge in [-0.25, -0.2) is 8.42 Å². The fourth-order valence-electron chi connectivity index (χ4n) is 3.83. The maximum Gasteiger partial charge on any atom is 0.263 e. The summed E-state index contributed by atoms with van der Waals surface area (Å²) < 4.78 is 27.2. The van der Waals surface area contributed by atoms with Gasteiger partial charge in [0.2, 0.25) is 5.91 Å². The Morgan fingerprint density at radius 2 is 1.77 bits per heavy atom. The highest BCUT2D eigenvalue weighted by atomic mass is 32.2. The number of rotatable bonds is 4. The number of benzene rings is 2. The van der Waals surface area contributed by atoms with Crippen molar-refractivity contribution in [1.29, 1.82) is 0 Å². The predicted molar refractivity (Wildman–Crippen MR) is 118 cm³/mol. The third kappa shape index (κ3) is 3.89. The summed E-state index contributed by atoms with van der Waals surface area (Å²) in [6.45, 7) is 5.00. The van der Waals surface area contributed by atoms with Crippen LogP contribution in [0.4, 0.5) is 0 Å². The van der Waals surface area contributed by atoms with E-state index >= 15 is 0 Å². The molecular formula is C23H25N3O3S. The Morgan fingerprint density at radius 1 is 1.07 bits per heavy atom. The molecule has 0 fully saturated rings. The summed E-state index contributed by atoms with van der Waals surface area (Å²) in [6, 6.07) is 16.2. The Morgan fingerprint density at radius 3 is 2.43 bits per heavy atom. The van der Waals surface area contributed by atoms with Crippen LogP contribution in [-0.4, -0.2) is 44.2 Å². The van der Waals surface area contributed by atoms with Crippen molar-refractivity contribution in [2.75, 3.05) is 13.1 Å². The van der Waals surface area contributed by atoms with Crippen molar-refractivity contribution in [3.05, 3.63) is 71.8 Å². The van der Waals surface area contributed by atoms with Crippen LogP contribution in [0.5, 0.6) is 0 Å². The van der Waals surface area contributed by atoms with Gasteiger partial charge >= 0.3 is 0 Å². The zero-order chi connectivity index (χ0) is 21.3. The SMILES string of the molecule is CC(C)[C@@H](N=C1NS(=O)(=O)c2ccccc21)C(=O)N1CC=C(c2ccccc2)CC1. The molecule has 2 aliphatic heterocycles. The molecule has 0 saturated carbocycles. The highest BCUT2D eigenvalue weighted by molar-refractivity contribution is 7.90. The van der Waals surface area contributed by atoms with E-state index < -0.39 is 16.1 Å². The van der Waals surface area contributed by atoms with Gasteiger partial charge in [0.25, 0.3) is 10.0 Å². The Bertz CT molecular complexity index is 1120. The Balaban J connectivity index is 1.57. The number of nitrogens with zero attached hydrogens (tertiary/aromatic N) is 2. The number of carbonyl (C=O) groups is 1. The molecule has 0 radical (unpaired) electrons. The molecule has 0 saturated heterocycles. The van der Waals surface area contributed by atoms with E-state index in [1.165, 1.54) is 11.1 Å². The lowest BCUT2D eigenvalue weighted by molar-refractivity contribution is -0.133. The molecule has 156 valence electrons. The summed E-state index contributed by atoms with van der Waals surface area (Å²) >= 11 is 0. The second-order valence-electron chi connectivity index (χ2n) is 7.90. The summed E-state index contributed by atoms with van der Waals surface area (Å²) in [5.74, 6) is 0.0985. The maximum atomic E-state index is 13.3. The molecule has 0 bridgehead atoms. The first-order chi connectivity index (χ1) is 14.4. The average Bonchev–Trinajstić information content (AvgIpc) is 3.02. The highest BCUT2D eigenvalue weighted by Crippen LogP contribution is 2.26. The quantitative estimate of drug-likeness (QED) is 0.821. The summed E-state index contributed by atoms with van der Waals surface area (Å²) in [4.78, 5) is 19.8. The van der Waals surface area contributed by atoms with Crippen molar-refractivity contribution >= 4 is 27.3 Å². The topological polar surface area (TPSA) is 78.8 Å². The molecule has 2 aromatic carbocycles. The summed E-state index contributed by atoms with van der Waals surface area (Å²) in [6.07, 6.45) is 2.88. The molecule has 1 amide bonds. The predicted octanol–water partition coefficient (Wildman–Crippen LogP) is 3.07. The van der Waals surface area contributed by atoms with E-state index in [0.717, 1.165) is 6.42 Å². The first kappa shape index (κ1) is 20.3. The lowest BCUT2D eigenvalue weighted by Crippen LogP contribution is -2.43. The molecule has 1 atom stereocenters. The summed E-state index contributed by atoms with van der Waals surface area (Å²) in [5, 5.41) is 0. The third-order valence-corrected chi connectivity index (χ3v) is 6.88. The lowest BCUT2D eigenvalue weighted by atomic mass is 9.97. The number of sulfonamides is 1. The van der Waals surface area contributed by atoms with E-state index in [4.69, 9.17) is 0 Å². The first-order valence-electron chi connectivity index (χ1n) is 10.1. The van der Waals surface area contributed by atoms with E-state index in [2.05, 4.69) is 27.9 Å². The van der Waals surface area contributed by atoms with Crippen LogP contribution in [0.1, 0.15) is 31.4 Å². The highest BCUT2D eigenvalue weighted by Gasteiger charge is 2.34. The second-order valence-corrected chi connectivity index (χ2v) is 9.55. The van der Waals surface area contributed by atoms with Gasteiger partial charge in [-0.3, -0.25) is 14.5 Å². The molecular weight excluding hydrogens is 398 g/mol. The van der Waals surface area contributed by atoms with E-state index in [1.54, 1.807) is 29.2 Å². The molecule has 4 rings (SSSR count). The van der Waals surface area contributed by atoms with Crippen molar-refractivity contribution in [3.63, 3.8) is 0 Å². The summed E-state index contributed by atoms with van der Waals surface area (Å²) in [5.41, 5.74) is 2.94. The van der Waals surface area contributed by atoms with Crippen LogP contribution >= 0.6 is 0 Å². The normalized spacial score (nSPS) is 19.9. The minimum absolute atomic E-state index is 0.0678. The minimum Gasteiger partial charge on any atom is -0.337 e. The third-order valence-electron chi connectivity index (χ3n) is 5.48. The molecule has 0 unspecified atom stereocenters. The fourth-order valence-corrected chi connectivity index (χ4v) is 5.07. The van der Waals surface area contributed by atoms with Crippen LogP contribution < -0.4 is 4.72 Å². The van der Waals surface area contributed by atoms with Crippen molar-refractivity contribution in [3.8, 4) is 0 Å². The van der Waals surface area contributed by atoms with Crippen molar-refractivity contribution < 1.29 is 13.2 Å². The van der Waals surface area contributed by atoms with Crippen LogP contribution in [0.25, 0.3) is 5.57 Å². The maximum absolute atomic E-state index is 13.3. The minimum atomic E-state index is -3.63. The molecule has 6 nitrogen and oxygen atoms in total. The van der Waals surface area contributed by atoms with Crippen molar-refractivity contribution in [2.45, 2.75) is 31.2 Å². The van der Waals surface area contributed by atoms with E-state index in [9.17, 15) is 13.2 Å². The van der Waals surface area contributed by atoms with Gasteiger partial charge in [0.15, 0.2) is 0 Å². The molecule has 2 aliphatic rings. The lowest BCUT2D eigenvalue weighted by Gasteiger charge is -2.30. The largest absolute Gasteiger partial charge is 0.337 e. The summed E-state index contributed by atoms with van der Waals surface area (Å²) in [7, 11) is -3.63. The molecule has 0 spiro atoms. The van der Waals surface area contributed by atoms with Gasteiger partial charge in [-0.15, -0.1) is 0 Å². The monoisotopic (exact) mass is 423 g/mol. The standard InChI is InChI=1S/C23H25N3O3S/c1-16(2)21(24-22-19-10-6-7-11-20(19)30(28,29)25-22)23(27)26-14-12-18(13-15-26)17-8-4-3-5-9-17/h3-12,16,21H,13-15H2,1-2H3,(H,24,25)/t21-/m1/s1. The van der Waals surface area contributed by atoms with E-state index in [1.807, 2.05) is 32.0 Å². The van der Waals surface area contributed by atoms with Crippen LogP contribution in [0, 0.1) is 5.92 Å². The number of aliphatic imine (C=N–C) groups is 1. The molecule has 30 heavy (non-hydrogen) atoms. The van der Waals surface area contributed by atoms with Crippen LogP contribution in [-0.2, 0) is 14.8 Å². The molecule has 0 aliphatic carbocycles. The zero-order valence-electron chi connectivity index (χ0n) is 17.1. The van der Waals surface area contributed by atoms with Crippen LogP contribution in [0.15, 0.2) is 70.6 Å². The van der Waals surface area contributed by atoms with E-state index in [0.29, 0.717) is 18.7 Å². The smallest absolute Gasteiger partial charge is 0.263 e. The second kappa shape index (κ2) is 8.07. The van der Waals surface area contributed by atoms with Crippen molar-refractivity contribution in [1.82, 2.24) is 9.62 Å². The molecule has 2 heterocycles. The van der Waals surface area contributed by atoms with Crippen molar-refractivity contribution in [2.24, 2.45) is 10.9 Å². The molecule has 7 heteroatoms. The van der Waals surface area contributed by atoms with Gasteiger partial charge in [0.05, 0.1) is 4.90 Å². The fraction of sp³-hybridized carbons (Fsp3) is 0.304. The van der Waals surface area contributed by atoms with Crippen LogP contribution in [0.2, 0.25) is 0 Å². The first-order valence-corrected chi connectivity index (χ1v) is 11.6. The Kier molecular flexibility index (Phi) is 5.47. The van der Waals surface area contributed by atoms with E-state index in [-0.39, 0.29) is 22.6 Å². The average molecular weight is 424 g/mol. The Hall–Kier alpha value is -2.93. The van der Waals surface area contributed by atoms with Gasteiger partial charge in [0, 0.05) is 18.7 Å². The molecule has 0 aromatic heterocycles. The number of hydrogen-bond acceptors (Lipinski definition) is 4. The number of hydrogen-bond donors (Lipinski definition) is 1. The zero-order valence-corrected chi connectivity index (χ0v) is 17.9. The van der Waals surface area contributed by atoms with Gasteiger partial charge in [0.1, 0.15) is 11.9 Å². The number of fused-ring (bicyclic) bond motifs is 1. The van der Waals surface area contributed by atoms with Crippen LogP contribution in [0.3, 0.4) is 0 Å². The Labute approximate surface area is 177 Å². The van der Waals surface area contributed by atoms with Gasteiger partial charge < -0.3 is 4.90 Å². The number of nitrogens with one attached hydrogen (secondary N) is 1. The number of amides is 1. The van der Waals surface area contributed by atoms with Gasteiger partial charge in [-0.2, -0.15) is 0 Å². The molecule has 1 N–H and O–H groups in total.